The van der Waals surface area contributed by atoms with E-state index in [0.717, 1.165) is 11.1 Å². The zero-order valence-electron chi connectivity index (χ0n) is 13.4. The Morgan fingerprint density at radius 1 is 1.19 bits per heavy atom. The molecular formula is C17H24O4. The van der Waals surface area contributed by atoms with Gasteiger partial charge in [-0.3, -0.25) is 9.59 Å². The van der Waals surface area contributed by atoms with Crippen LogP contribution < -0.4 is 4.74 Å². The molecule has 4 heteroatoms. The van der Waals surface area contributed by atoms with Gasteiger partial charge in [0.25, 0.3) is 0 Å². The lowest BCUT2D eigenvalue weighted by Crippen LogP contribution is -2.16. The van der Waals surface area contributed by atoms with E-state index in [9.17, 15) is 9.59 Å². The summed E-state index contributed by atoms with van der Waals surface area (Å²) in [6, 6.07) is 3.85. The lowest BCUT2D eigenvalue weighted by atomic mass is 9.83. The molecule has 1 aromatic carbocycles. The van der Waals surface area contributed by atoms with E-state index < -0.39 is 5.97 Å². The molecule has 0 aromatic heterocycles. The van der Waals surface area contributed by atoms with Crippen molar-refractivity contribution < 1.29 is 19.4 Å². The first-order valence-electron chi connectivity index (χ1n) is 7.11. The molecule has 0 aliphatic heterocycles. The van der Waals surface area contributed by atoms with Crippen LogP contribution in [0.2, 0.25) is 0 Å². The van der Waals surface area contributed by atoms with Gasteiger partial charge in [-0.05, 0) is 30.4 Å². The number of hydrogen-bond acceptors (Lipinski definition) is 3. The van der Waals surface area contributed by atoms with E-state index in [0.29, 0.717) is 17.7 Å². The minimum atomic E-state index is -0.880. The van der Waals surface area contributed by atoms with E-state index in [1.165, 1.54) is 0 Å². The molecule has 21 heavy (non-hydrogen) atoms. The lowest BCUT2D eigenvalue weighted by molar-refractivity contribution is -0.137. The summed E-state index contributed by atoms with van der Waals surface area (Å²) in [5.74, 6) is -0.342. The Labute approximate surface area is 126 Å². The minimum Gasteiger partial charge on any atom is -0.496 e. The standard InChI is InChI=1S/C17H24O4/c1-11-9-12(14(18)7-6-8-15(19)20)16(21-5)13(10-11)17(2,3)4/h9-10H,6-8H2,1-5H3,(H,19,20). The highest BCUT2D eigenvalue weighted by molar-refractivity contribution is 5.99. The molecule has 0 bridgehead atoms. The van der Waals surface area contributed by atoms with Gasteiger partial charge < -0.3 is 9.84 Å². The Hall–Kier alpha value is -1.84. The molecule has 116 valence electrons. The van der Waals surface area contributed by atoms with Crippen molar-refractivity contribution in [2.24, 2.45) is 0 Å². The van der Waals surface area contributed by atoms with E-state index in [-0.39, 0.29) is 24.0 Å². The van der Waals surface area contributed by atoms with E-state index >= 15 is 0 Å². The SMILES string of the molecule is COc1c(C(=O)CCCC(=O)O)cc(C)cc1C(C)(C)C. The average Bonchev–Trinajstić information content (AvgIpc) is 2.36. The molecular weight excluding hydrogens is 268 g/mol. The molecule has 0 aliphatic carbocycles. The van der Waals surface area contributed by atoms with Crippen LogP contribution in [-0.2, 0) is 10.2 Å². The minimum absolute atomic E-state index is 0.00595. The number of benzene rings is 1. The summed E-state index contributed by atoms with van der Waals surface area (Å²) < 4.78 is 5.47. The summed E-state index contributed by atoms with van der Waals surface area (Å²) in [7, 11) is 1.56. The van der Waals surface area contributed by atoms with Crippen molar-refractivity contribution in [3.8, 4) is 5.75 Å². The number of aliphatic carboxylic acids is 1. The molecule has 0 saturated heterocycles. The maximum absolute atomic E-state index is 12.4. The monoisotopic (exact) mass is 292 g/mol. The normalized spacial score (nSPS) is 11.3. The first-order valence-corrected chi connectivity index (χ1v) is 7.11. The highest BCUT2D eigenvalue weighted by Gasteiger charge is 2.24. The molecule has 0 saturated carbocycles. The van der Waals surface area contributed by atoms with E-state index in [4.69, 9.17) is 9.84 Å². The van der Waals surface area contributed by atoms with Gasteiger partial charge in [0.1, 0.15) is 5.75 Å². The molecule has 0 radical (unpaired) electrons. The number of carbonyl (C=O) groups excluding carboxylic acids is 1. The summed E-state index contributed by atoms with van der Waals surface area (Å²) in [6.07, 6.45) is 0.567. The maximum atomic E-state index is 12.4. The highest BCUT2D eigenvalue weighted by atomic mass is 16.5. The molecule has 0 heterocycles. The Kier molecular flexibility index (Phi) is 5.53. The second-order valence-electron chi connectivity index (χ2n) is 6.31. The van der Waals surface area contributed by atoms with Crippen LogP contribution in [0.5, 0.6) is 5.75 Å². The third-order valence-corrected chi connectivity index (χ3v) is 3.34. The first-order chi connectivity index (χ1) is 9.66. The van der Waals surface area contributed by atoms with Gasteiger partial charge in [0, 0.05) is 18.4 Å². The molecule has 1 N–H and O–H groups in total. The van der Waals surface area contributed by atoms with Crippen LogP contribution in [0.25, 0.3) is 0 Å². The molecule has 4 nitrogen and oxygen atoms in total. The molecule has 1 aromatic rings. The van der Waals surface area contributed by atoms with Crippen molar-refractivity contribution in [2.75, 3.05) is 7.11 Å². The van der Waals surface area contributed by atoms with Crippen LogP contribution in [0.4, 0.5) is 0 Å². The molecule has 0 aliphatic rings. The van der Waals surface area contributed by atoms with Crippen LogP contribution in [0.1, 0.15) is 61.5 Å². The Balaban J connectivity index is 3.14. The second kappa shape index (κ2) is 6.74. The van der Waals surface area contributed by atoms with Gasteiger partial charge in [-0.1, -0.05) is 26.8 Å². The Morgan fingerprint density at radius 3 is 2.29 bits per heavy atom. The van der Waals surface area contributed by atoms with Crippen molar-refractivity contribution >= 4 is 11.8 Å². The van der Waals surface area contributed by atoms with Crippen molar-refractivity contribution in [3.63, 3.8) is 0 Å². The van der Waals surface area contributed by atoms with Crippen molar-refractivity contribution in [2.45, 2.75) is 52.4 Å². The average molecular weight is 292 g/mol. The molecule has 0 spiro atoms. The van der Waals surface area contributed by atoms with E-state index in [1.807, 2.05) is 19.1 Å². The molecule has 0 fully saturated rings. The van der Waals surface area contributed by atoms with Crippen LogP contribution in [0.3, 0.4) is 0 Å². The molecule has 1 rings (SSSR count). The third kappa shape index (κ3) is 4.59. The number of ketones is 1. The number of aryl methyl sites for hydroxylation is 1. The van der Waals surface area contributed by atoms with Crippen LogP contribution in [0, 0.1) is 6.92 Å². The largest absolute Gasteiger partial charge is 0.496 e. The predicted octanol–water partition coefficient (Wildman–Crippen LogP) is 3.74. The third-order valence-electron chi connectivity index (χ3n) is 3.34. The number of carboxylic acids is 1. The van der Waals surface area contributed by atoms with Crippen molar-refractivity contribution in [1.82, 2.24) is 0 Å². The summed E-state index contributed by atoms with van der Waals surface area (Å²) in [5.41, 5.74) is 2.41. The Bertz CT molecular complexity index is 538. The van der Waals surface area contributed by atoms with E-state index in [2.05, 4.69) is 20.8 Å². The van der Waals surface area contributed by atoms with Gasteiger partial charge in [-0.2, -0.15) is 0 Å². The topological polar surface area (TPSA) is 63.6 Å². The number of rotatable bonds is 6. The van der Waals surface area contributed by atoms with Gasteiger partial charge in [0.05, 0.1) is 12.7 Å². The smallest absolute Gasteiger partial charge is 0.303 e. The predicted molar refractivity (Wildman–Crippen MR) is 82.2 cm³/mol. The fourth-order valence-electron chi connectivity index (χ4n) is 2.29. The Morgan fingerprint density at radius 2 is 1.81 bits per heavy atom. The zero-order chi connectivity index (χ0) is 16.2. The van der Waals surface area contributed by atoms with Crippen molar-refractivity contribution in [3.05, 3.63) is 28.8 Å². The van der Waals surface area contributed by atoms with Gasteiger partial charge in [0.2, 0.25) is 0 Å². The highest BCUT2D eigenvalue weighted by Crippen LogP contribution is 2.35. The summed E-state index contributed by atoms with van der Waals surface area (Å²) in [4.78, 5) is 22.9. The zero-order valence-corrected chi connectivity index (χ0v) is 13.4. The molecule has 0 atom stereocenters. The lowest BCUT2D eigenvalue weighted by Gasteiger charge is -2.24. The summed E-state index contributed by atoms with van der Waals surface area (Å²) >= 11 is 0. The number of ether oxygens (including phenoxy) is 1. The van der Waals surface area contributed by atoms with Crippen LogP contribution in [-0.4, -0.2) is 24.0 Å². The van der Waals surface area contributed by atoms with Crippen LogP contribution in [0.15, 0.2) is 12.1 Å². The van der Waals surface area contributed by atoms with Crippen LogP contribution >= 0.6 is 0 Å². The fraction of sp³-hybridized carbons (Fsp3) is 0.529. The first kappa shape index (κ1) is 17.2. The summed E-state index contributed by atoms with van der Waals surface area (Å²) in [5, 5.41) is 8.66. The molecule has 0 unspecified atom stereocenters. The van der Waals surface area contributed by atoms with Gasteiger partial charge in [0.15, 0.2) is 5.78 Å². The number of carboxylic acid groups (broad SMARTS) is 1. The van der Waals surface area contributed by atoms with Gasteiger partial charge >= 0.3 is 5.97 Å². The number of carbonyl (C=O) groups is 2. The van der Waals surface area contributed by atoms with E-state index in [1.54, 1.807) is 7.11 Å². The fourth-order valence-corrected chi connectivity index (χ4v) is 2.29. The molecule has 0 amide bonds. The number of methoxy groups -OCH3 is 1. The second-order valence-corrected chi connectivity index (χ2v) is 6.31. The quantitative estimate of drug-likeness (QED) is 0.811. The number of Topliss-reactive ketones (excluding diaryl/α,β-unsaturated/α-hetero) is 1. The van der Waals surface area contributed by atoms with Gasteiger partial charge in [-0.25, -0.2) is 0 Å². The number of hydrogen-bond donors (Lipinski definition) is 1. The van der Waals surface area contributed by atoms with Crippen molar-refractivity contribution in [1.29, 1.82) is 0 Å². The van der Waals surface area contributed by atoms with Gasteiger partial charge in [-0.15, -0.1) is 0 Å². The maximum Gasteiger partial charge on any atom is 0.303 e. The summed E-state index contributed by atoms with van der Waals surface area (Å²) in [6.45, 7) is 8.16.